The standard InChI is InChI=1S/C33H31BrClN5O/c34-27-22-38-40-30(19-29(39-31(27)40)26-11-5-6-12-28(26)35)36-20-23-13-15-24(16-14-23)21-37-32(41)33(17-7-2-8-18-33)25-9-3-1-4-10-25/h1,3-6,9-16,19,22,36H,2,7-8,17-18,20-21H2,(H,37,41). The minimum absolute atomic E-state index is 0.135. The smallest absolute Gasteiger partial charge is 0.230 e. The average Bonchev–Trinajstić information content (AvgIpc) is 3.40. The van der Waals surface area contributed by atoms with E-state index in [0.29, 0.717) is 23.8 Å². The van der Waals surface area contributed by atoms with Crippen molar-refractivity contribution in [1.29, 1.82) is 0 Å². The van der Waals surface area contributed by atoms with Gasteiger partial charge in [0.1, 0.15) is 5.82 Å². The number of hydrogen-bond donors (Lipinski definition) is 2. The van der Waals surface area contributed by atoms with Crippen LogP contribution in [-0.2, 0) is 23.3 Å². The maximum atomic E-state index is 13.5. The summed E-state index contributed by atoms with van der Waals surface area (Å²) >= 11 is 10.0. The zero-order valence-corrected chi connectivity index (χ0v) is 25.0. The fraction of sp³-hybridized carbons (Fsp3) is 0.242. The van der Waals surface area contributed by atoms with Crippen LogP contribution in [0.25, 0.3) is 16.9 Å². The van der Waals surface area contributed by atoms with Gasteiger partial charge < -0.3 is 10.6 Å². The highest BCUT2D eigenvalue weighted by molar-refractivity contribution is 9.10. The van der Waals surface area contributed by atoms with E-state index in [1.54, 1.807) is 10.7 Å². The van der Waals surface area contributed by atoms with Crippen molar-refractivity contribution in [3.8, 4) is 11.3 Å². The van der Waals surface area contributed by atoms with E-state index in [9.17, 15) is 4.79 Å². The van der Waals surface area contributed by atoms with Crippen LogP contribution in [0.15, 0.2) is 95.6 Å². The Kier molecular flexibility index (Phi) is 8.08. The van der Waals surface area contributed by atoms with E-state index < -0.39 is 5.41 Å². The third kappa shape index (κ3) is 5.74. The maximum Gasteiger partial charge on any atom is 0.230 e. The van der Waals surface area contributed by atoms with E-state index in [1.165, 1.54) is 6.42 Å². The van der Waals surface area contributed by atoms with Gasteiger partial charge in [0.2, 0.25) is 5.91 Å². The molecule has 1 fully saturated rings. The third-order valence-corrected chi connectivity index (χ3v) is 8.89. The minimum atomic E-state index is -0.427. The molecule has 2 aromatic heterocycles. The van der Waals surface area contributed by atoms with E-state index in [4.69, 9.17) is 16.6 Å². The Bertz CT molecular complexity index is 1660. The van der Waals surface area contributed by atoms with Gasteiger partial charge in [-0.1, -0.05) is 104 Å². The summed E-state index contributed by atoms with van der Waals surface area (Å²) < 4.78 is 2.59. The van der Waals surface area contributed by atoms with Gasteiger partial charge in [-0.3, -0.25) is 4.79 Å². The number of amides is 1. The molecule has 0 saturated heterocycles. The zero-order valence-electron chi connectivity index (χ0n) is 22.6. The molecule has 0 spiro atoms. The summed E-state index contributed by atoms with van der Waals surface area (Å²) in [6, 6.07) is 28.3. The highest BCUT2D eigenvalue weighted by atomic mass is 79.9. The number of halogens is 2. The first kappa shape index (κ1) is 27.5. The van der Waals surface area contributed by atoms with Crippen LogP contribution in [0.2, 0.25) is 5.02 Å². The molecule has 0 atom stereocenters. The summed E-state index contributed by atoms with van der Waals surface area (Å²) in [5.74, 6) is 0.946. The maximum absolute atomic E-state index is 13.5. The van der Waals surface area contributed by atoms with Crippen molar-refractivity contribution in [3.05, 3.63) is 117 Å². The molecule has 0 aliphatic heterocycles. The number of carbonyl (C=O) groups is 1. The van der Waals surface area contributed by atoms with Crippen molar-refractivity contribution >= 4 is 44.9 Å². The van der Waals surface area contributed by atoms with E-state index in [2.05, 4.69) is 68.1 Å². The number of rotatable bonds is 8. The summed E-state index contributed by atoms with van der Waals surface area (Å²) in [7, 11) is 0. The minimum Gasteiger partial charge on any atom is -0.366 e. The van der Waals surface area contributed by atoms with E-state index in [-0.39, 0.29) is 5.91 Å². The second-order valence-corrected chi connectivity index (χ2v) is 11.9. The molecular weight excluding hydrogens is 598 g/mol. The zero-order chi connectivity index (χ0) is 28.2. The molecule has 0 radical (unpaired) electrons. The third-order valence-electron chi connectivity index (χ3n) is 8.00. The van der Waals surface area contributed by atoms with E-state index in [0.717, 1.165) is 63.9 Å². The lowest BCUT2D eigenvalue weighted by molar-refractivity contribution is -0.128. The molecule has 41 heavy (non-hydrogen) atoms. The van der Waals surface area contributed by atoms with Gasteiger partial charge in [0.25, 0.3) is 0 Å². The van der Waals surface area contributed by atoms with Gasteiger partial charge in [0.15, 0.2) is 5.65 Å². The molecule has 1 aliphatic carbocycles. The van der Waals surface area contributed by atoms with Crippen molar-refractivity contribution in [3.63, 3.8) is 0 Å². The van der Waals surface area contributed by atoms with Crippen LogP contribution in [0.1, 0.15) is 48.8 Å². The molecule has 8 heteroatoms. The predicted molar refractivity (Wildman–Crippen MR) is 168 cm³/mol. The first-order valence-corrected chi connectivity index (χ1v) is 15.2. The highest BCUT2D eigenvalue weighted by Gasteiger charge is 2.40. The van der Waals surface area contributed by atoms with E-state index in [1.807, 2.05) is 48.5 Å². The highest BCUT2D eigenvalue weighted by Crippen LogP contribution is 2.39. The summed E-state index contributed by atoms with van der Waals surface area (Å²) in [5.41, 5.74) is 5.23. The van der Waals surface area contributed by atoms with Crippen LogP contribution in [0.4, 0.5) is 5.82 Å². The fourth-order valence-corrected chi connectivity index (χ4v) is 6.33. The normalized spacial score (nSPS) is 14.6. The van der Waals surface area contributed by atoms with Gasteiger partial charge in [-0.05, 0) is 51.5 Å². The van der Waals surface area contributed by atoms with Crippen molar-refractivity contribution in [2.24, 2.45) is 0 Å². The van der Waals surface area contributed by atoms with Gasteiger partial charge >= 0.3 is 0 Å². The lowest BCUT2D eigenvalue weighted by Gasteiger charge is -2.36. The Balaban J connectivity index is 1.14. The number of carbonyl (C=O) groups excluding carboxylic acids is 1. The molecule has 3 aromatic carbocycles. The quantitative estimate of drug-likeness (QED) is 0.183. The number of anilines is 1. The van der Waals surface area contributed by atoms with Gasteiger partial charge in [-0.15, -0.1) is 0 Å². The Morgan fingerprint density at radius 1 is 0.902 bits per heavy atom. The van der Waals surface area contributed by atoms with Crippen molar-refractivity contribution in [2.75, 3.05) is 5.32 Å². The van der Waals surface area contributed by atoms with Crippen LogP contribution < -0.4 is 10.6 Å². The topological polar surface area (TPSA) is 71.3 Å². The first-order valence-electron chi connectivity index (χ1n) is 14.0. The summed E-state index contributed by atoms with van der Waals surface area (Å²) in [5, 5.41) is 11.9. The average molecular weight is 629 g/mol. The van der Waals surface area contributed by atoms with Crippen LogP contribution in [0, 0.1) is 0 Å². The molecule has 5 aromatic rings. The number of nitrogens with zero attached hydrogens (tertiary/aromatic N) is 3. The Hall–Kier alpha value is -3.68. The summed E-state index contributed by atoms with van der Waals surface area (Å²) in [6.07, 6.45) is 6.91. The second kappa shape index (κ2) is 12.0. The lowest BCUT2D eigenvalue weighted by atomic mass is 9.68. The molecule has 1 aliphatic rings. The van der Waals surface area contributed by atoms with E-state index >= 15 is 0 Å². The van der Waals surface area contributed by atoms with Gasteiger partial charge in [0, 0.05) is 29.7 Å². The number of fused-ring (bicyclic) bond motifs is 1. The molecule has 208 valence electrons. The summed E-state index contributed by atoms with van der Waals surface area (Å²) in [6.45, 7) is 1.11. The predicted octanol–water partition coefficient (Wildman–Crippen LogP) is 7.94. The molecule has 1 amide bonds. The van der Waals surface area contributed by atoms with Gasteiger partial charge in [0.05, 0.1) is 21.8 Å². The fourth-order valence-electron chi connectivity index (χ4n) is 5.75. The molecule has 6 nitrogen and oxygen atoms in total. The van der Waals surface area contributed by atoms with Gasteiger partial charge in [-0.2, -0.15) is 9.61 Å². The Morgan fingerprint density at radius 3 is 2.32 bits per heavy atom. The first-order chi connectivity index (χ1) is 20.0. The van der Waals surface area contributed by atoms with Crippen molar-refractivity contribution in [1.82, 2.24) is 19.9 Å². The lowest BCUT2D eigenvalue weighted by Crippen LogP contribution is -2.45. The van der Waals surface area contributed by atoms with Crippen LogP contribution in [0.3, 0.4) is 0 Å². The van der Waals surface area contributed by atoms with Crippen LogP contribution >= 0.6 is 27.5 Å². The molecule has 1 saturated carbocycles. The van der Waals surface area contributed by atoms with Crippen molar-refractivity contribution in [2.45, 2.75) is 50.6 Å². The Labute approximate surface area is 253 Å². The number of hydrogen-bond acceptors (Lipinski definition) is 4. The van der Waals surface area contributed by atoms with Crippen LogP contribution in [-0.4, -0.2) is 20.5 Å². The monoisotopic (exact) mass is 627 g/mol. The van der Waals surface area contributed by atoms with Gasteiger partial charge in [-0.25, -0.2) is 4.98 Å². The largest absolute Gasteiger partial charge is 0.366 e. The Morgan fingerprint density at radius 2 is 1.59 bits per heavy atom. The molecule has 0 bridgehead atoms. The van der Waals surface area contributed by atoms with Crippen molar-refractivity contribution < 1.29 is 4.79 Å². The number of nitrogens with one attached hydrogen (secondary N) is 2. The summed E-state index contributed by atoms with van der Waals surface area (Å²) in [4.78, 5) is 18.3. The number of aromatic nitrogens is 3. The molecule has 2 N–H and O–H groups in total. The molecular formula is C33H31BrClN5O. The second-order valence-electron chi connectivity index (χ2n) is 10.6. The van der Waals surface area contributed by atoms with Crippen LogP contribution in [0.5, 0.6) is 0 Å². The number of benzene rings is 3. The SMILES string of the molecule is O=C(NCc1ccc(CNc2cc(-c3ccccc3Cl)nc3c(Br)cnn23)cc1)C1(c2ccccc2)CCCCC1. The molecule has 2 heterocycles. The molecule has 0 unspecified atom stereocenters. The molecule has 6 rings (SSSR count).